The standard InChI is InChI=1S/C21H21N3O5/c1-21(2,3)29-20(28)24-16-7-5-15(6-8-16)23-19(27)11-14(12-22)13-4-9-17(25)18(26)10-13/h4-11,25-26H,1-3H3,(H,23,27)(H,24,28)/b14-11-. The van der Waals surface area contributed by atoms with E-state index in [2.05, 4.69) is 10.6 Å². The van der Waals surface area contributed by atoms with Crippen LogP contribution in [0.25, 0.3) is 5.57 Å². The quantitative estimate of drug-likeness (QED) is 0.352. The van der Waals surface area contributed by atoms with Crippen molar-refractivity contribution in [2.45, 2.75) is 26.4 Å². The Kier molecular flexibility index (Phi) is 6.47. The van der Waals surface area contributed by atoms with Crippen LogP contribution in [-0.4, -0.2) is 27.8 Å². The van der Waals surface area contributed by atoms with Crippen LogP contribution in [0.4, 0.5) is 16.2 Å². The number of nitrogens with one attached hydrogen (secondary N) is 2. The van der Waals surface area contributed by atoms with Crippen LogP contribution in [0.5, 0.6) is 11.5 Å². The van der Waals surface area contributed by atoms with Crippen LogP contribution in [0.1, 0.15) is 26.3 Å². The fourth-order valence-corrected chi connectivity index (χ4v) is 2.24. The molecule has 0 aliphatic heterocycles. The average molecular weight is 395 g/mol. The minimum absolute atomic E-state index is 0.0148. The fourth-order valence-electron chi connectivity index (χ4n) is 2.24. The number of amides is 2. The van der Waals surface area contributed by atoms with Crippen molar-refractivity contribution in [1.29, 1.82) is 5.26 Å². The Labute approximate surface area is 168 Å². The molecule has 4 N–H and O–H groups in total. The number of benzene rings is 2. The molecule has 2 amide bonds. The van der Waals surface area contributed by atoms with Gasteiger partial charge in [-0.15, -0.1) is 0 Å². The van der Waals surface area contributed by atoms with Crippen molar-refractivity contribution in [3.8, 4) is 17.6 Å². The number of anilines is 2. The van der Waals surface area contributed by atoms with Crippen LogP contribution in [0.2, 0.25) is 0 Å². The number of phenolic OH excluding ortho intramolecular Hbond substituents is 2. The lowest BCUT2D eigenvalue weighted by atomic mass is 10.1. The highest BCUT2D eigenvalue weighted by molar-refractivity contribution is 6.06. The van der Waals surface area contributed by atoms with E-state index in [4.69, 9.17) is 4.74 Å². The molecule has 0 aliphatic carbocycles. The van der Waals surface area contributed by atoms with Crippen LogP contribution >= 0.6 is 0 Å². The summed E-state index contributed by atoms with van der Waals surface area (Å²) in [5.41, 5.74) is 0.629. The SMILES string of the molecule is CC(C)(C)OC(=O)Nc1ccc(NC(=O)/C=C(/C#N)c2ccc(O)c(O)c2)cc1. The van der Waals surface area contributed by atoms with Gasteiger partial charge in [0.2, 0.25) is 5.91 Å². The van der Waals surface area contributed by atoms with E-state index < -0.39 is 23.4 Å². The third-order valence-corrected chi connectivity index (χ3v) is 3.48. The van der Waals surface area contributed by atoms with Crippen LogP contribution in [0.3, 0.4) is 0 Å². The zero-order valence-electron chi connectivity index (χ0n) is 16.2. The number of ether oxygens (including phenoxy) is 1. The summed E-state index contributed by atoms with van der Waals surface area (Å²) in [5, 5.41) is 33.3. The number of allylic oxidation sites excluding steroid dienone is 1. The van der Waals surface area contributed by atoms with Crippen LogP contribution in [-0.2, 0) is 9.53 Å². The summed E-state index contributed by atoms with van der Waals surface area (Å²) in [6.07, 6.45) is 0.492. The topological polar surface area (TPSA) is 132 Å². The molecule has 0 aromatic heterocycles. The number of rotatable bonds is 4. The predicted molar refractivity (Wildman–Crippen MR) is 108 cm³/mol. The fraction of sp³-hybridized carbons (Fsp3) is 0.190. The maximum atomic E-state index is 12.2. The average Bonchev–Trinajstić information content (AvgIpc) is 2.62. The number of carbonyl (C=O) groups excluding carboxylic acids is 2. The molecule has 8 heteroatoms. The second-order valence-electron chi connectivity index (χ2n) is 7.07. The molecule has 0 radical (unpaired) electrons. The van der Waals surface area contributed by atoms with E-state index in [1.165, 1.54) is 18.2 Å². The van der Waals surface area contributed by atoms with E-state index in [0.717, 1.165) is 6.08 Å². The summed E-state index contributed by atoms with van der Waals surface area (Å²) in [6, 6.07) is 12.0. The van der Waals surface area contributed by atoms with Crippen LogP contribution in [0.15, 0.2) is 48.5 Å². The molecule has 0 saturated heterocycles. The molecule has 2 aromatic carbocycles. The van der Waals surface area contributed by atoms with Gasteiger partial charge in [-0.3, -0.25) is 10.1 Å². The van der Waals surface area contributed by atoms with E-state index in [9.17, 15) is 25.1 Å². The summed E-state index contributed by atoms with van der Waals surface area (Å²) in [4.78, 5) is 23.9. The molecule has 8 nitrogen and oxygen atoms in total. The lowest BCUT2D eigenvalue weighted by Gasteiger charge is -2.19. The molecule has 29 heavy (non-hydrogen) atoms. The van der Waals surface area contributed by atoms with E-state index in [-0.39, 0.29) is 16.9 Å². The van der Waals surface area contributed by atoms with Gasteiger partial charge >= 0.3 is 6.09 Å². The van der Waals surface area contributed by atoms with E-state index in [1.54, 1.807) is 45.0 Å². The molecule has 0 unspecified atom stereocenters. The van der Waals surface area contributed by atoms with Gasteiger partial charge in [-0.1, -0.05) is 0 Å². The highest BCUT2D eigenvalue weighted by Gasteiger charge is 2.16. The Balaban J connectivity index is 2.04. The van der Waals surface area contributed by atoms with Gasteiger partial charge in [0.25, 0.3) is 0 Å². The minimum atomic E-state index is -0.614. The number of hydrogen-bond donors (Lipinski definition) is 4. The highest BCUT2D eigenvalue weighted by Crippen LogP contribution is 2.28. The van der Waals surface area contributed by atoms with Gasteiger partial charge in [-0.2, -0.15) is 5.26 Å². The van der Waals surface area contributed by atoms with Gasteiger partial charge in [-0.05, 0) is 68.8 Å². The van der Waals surface area contributed by atoms with E-state index in [0.29, 0.717) is 11.4 Å². The van der Waals surface area contributed by atoms with Gasteiger partial charge in [-0.25, -0.2) is 4.79 Å². The molecular weight excluding hydrogens is 374 g/mol. The zero-order chi connectivity index (χ0) is 21.6. The first-order chi connectivity index (χ1) is 13.6. The molecule has 0 atom stereocenters. The van der Waals surface area contributed by atoms with Gasteiger partial charge in [0.15, 0.2) is 11.5 Å². The first kappa shape index (κ1) is 21.3. The molecule has 0 saturated carbocycles. The largest absolute Gasteiger partial charge is 0.504 e. The Morgan fingerprint density at radius 3 is 2.10 bits per heavy atom. The molecular formula is C21H21N3O5. The summed E-state index contributed by atoms with van der Waals surface area (Å²) in [6.45, 7) is 5.27. The molecule has 0 spiro atoms. The number of nitrogens with zero attached hydrogens (tertiary/aromatic N) is 1. The summed E-state index contributed by atoms with van der Waals surface area (Å²) in [5.74, 6) is -1.27. The third-order valence-electron chi connectivity index (χ3n) is 3.48. The Morgan fingerprint density at radius 1 is 1.00 bits per heavy atom. The van der Waals surface area contributed by atoms with Crippen molar-refractivity contribution < 1.29 is 24.5 Å². The molecule has 0 aliphatic rings. The van der Waals surface area contributed by atoms with Gasteiger partial charge in [0.05, 0.1) is 11.6 Å². The maximum absolute atomic E-state index is 12.2. The third kappa shape index (κ3) is 6.59. The van der Waals surface area contributed by atoms with Gasteiger partial charge < -0.3 is 20.3 Å². The van der Waals surface area contributed by atoms with Crippen LogP contribution < -0.4 is 10.6 Å². The monoisotopic (exact) mass is 395 g/mol. The highest BCUT2D eigenvalue weighted by atomic mass is 16.6. The van der Waals surface area contributed by atoms with E-state index in [1.807, 2.05) is 6.07 Å². The Hall–Kier alpha value is -3.99. The number of phenols is 2. The van der Waals surface area contributed by atoms with Crippen molar-refractivity contribution in [2.75, 3.05) is 10.6 Å². The van der Waals surface area contributed by atoms with Crippen molar-refractivity contribution in [3.05, 3.63) is 54.1 Å². The second-order valence-corrected chi connectivity index (χ2v) is 7.07. The lowest BCUT2D eigenvalue weighted by molar-refractivity contribution is -0.111. The summed E-state index contributed by atoms with van der Waals surface area (Å²) in [7, 11) is 0. The Morgan fingerprint density at radius 2 is 1.59 bits per heavy atom. The molecule has 0 bridgehead atoms. The molecule has 2 aromatic rings. The minimum Gasteiger partial charge on any atom is -0.504 e. The lowest BCUT2D eigenvalue weighted by Crippen LogP contribution is -2.27. The van der Waals surface area contributed by atoms with Crippen molar-refractivity contribution in [1.82, 2.24) is 0 Å². The van der Waals surface area contributed by atoms with Crippen molar-refractivity contribution in [2.24, 2.45) is 0 Å². The van der Waals surface area contributed by atoms with Crippen molar-refractivity contribution in [3.63, 3.8) is 0 Å². The molecule has 0 fully saturated rings. The predicted octanol–water partition coefficient (Wildman–Crippen LogP) is 3.99. The second kappa shape index (κ2) is 8.80. The number of aromatic hydroxyl groups is 2. The molecule has 150 valence electrons. The molecule has 2 rings (SSSR count). The number of carbonyl (C=O) groups is 2. The number of hydrogen-bond acceptors (Lipinski definition) is 6. The normalized spacial score (nSPS) is 11.3. The van der Waals surface area contributed by atoms with E-state index >= 15 is 0 Å². The Bertz CT molecular complexity index is 983. The van der Waals surface area contributed by atoms with Gasteiger partial charge in [0.1, 0.15) is 5.60 Å². The van der Waals surface area contributed by atoms with Crippen LogP contribution in [0, 0.1) is 11.3 Å². The first-order valence-corrected chi connectivity index (χ1v) is 8.62. The van der Waals surface area contributed by atoms with Crippen molar-refractivity contribution >= 4 is 28.9 Å². The zero-order valence-corrected chi connectivity index (χ0v) is 16.2. The number of nitriles is 1. The summed E-state index contributed by atoms with van der Waals surface area (Å²) >= 11 is 0. The maximum Gasteiger partial charge on any atom is 0.412 e. The smallest absolute Gasteiger partial charge is 0.412 e. The van der Waals surface area contributed by atoms with Gasteiger partial charge in [0, 0.05) is 17.5 Å². The first-order valence-electron chi connectivity index (χ1n) is 8.62. The summed E-state index contributed by atoms with van der Waals surface area (Å²) < 4.78 is 5.16. The molecule has 0 heterocycles.